The summed E-state index contributed by atoms with van der Waals surface area (Å²) in [5.74, 6) is 1.62. The summed E-state index contributed by atoms with van der Waals surface area (Å²) in [5.41, 5.74) is 3.59. The topological polar surface area (TPSA) is 42.7 Å². The van der Waals surface area contributed by atoms with E-state index in [2.05, 4.69) is 48.3 Å². The molecule has 0 aliphatic heterocycles. The highest BCUT2D eigenvalue weighted by atomic mass is 15.3. The quantitative estimate of drug-likeness (QED) is 0.908. The maximum atomic E-state index is 4.65. The van der Waals surface area contributed by atoms with Crippen molar-refractivity contribution in [2.45, 2.75) is 52.1 Å². The number of nitrogens with zero attached hydrogens (tertiary/aromatic N) is 3. The predicted octanol–water partition coefficient (Wildman–Crippen LogP) is 2.95. The lowest BCUT2D eigenvalue weighted by Gasteiger charge is -2.10. The van der Waals surface area contributed by atoms with E-state index in [0.29, 0.717) is 12.0 Å². The highest BCUT2D eigenvalue weighted by Crippen LogP contribution is 2.39. The molecule has 3 rings (SSSR count). The Labute approximate surface area is 120 Å². The SMILES string of the molecule is Cc1cc(CNC(C)C)cnc1-n1ccc(C2CC2)n1. The first-order chi connectivity index (χ1) is 9.63. The Morgan fingerprint density at radius 1 is 1.40 bits per heavy atom. The number of pyridine rings is 1. The molecule has 2 aromatic rings. The zero-order valence-corrected chi connectivity index (χ0v) is 12.4. The second kappa shape index (κ2) is 5.37. The molecule has 20 heavy (non-hydrogen) atoms. The molecule has 4 heteroatoms. The number of aromatic nitrogens is 3. The standard InChI is InChI=1S/C16H22N4/c1-11(2)17-9-13-8-12(3)16(18-10-13)20-7-6-15(19-20)14-4-5-14/h6-8,10-11,14,17H,4-5,9H2,1-3H3. The van der Waals surface area contributed by atoms with Gasteiger partial charge in [-0.05, 0) is 43.0 Å². The molecule has 1 N–H and O–H groups in total. The van der Waals surface area contributed by atoms with Crippen molar-refractivity contribution in [3.05, 3.63) is 41.3 Å². The molecule has 1 aliphatic carbocycles. The number of rotatable bonds is 5. The molecular weight excluding hydrogens is 248 g/mol. The number of hydrogen-bond acceptors (Lipinski definition) is 3. The van der Waals surface area contributed by atoms with Gasteiger partial charge in [0.1, 0.15) is 0 Å². The van der Waals surface area contributed by atoms with E-state index in [4.69, 9.17) is 0 Å². The third-order valence-electron chi connectivity index (χ3n) is 3.64. The van der Waals surface area contributed by atoms with Crippen LogP contribution in [-0.4, -0.2) is 20.8 Å². The molecular formula is C16H22N4. The van der Waals surface area contributed by atoms with Gasteiger partial charge in [0.25, 0.3) is 0 Å². The van der Waals surface area contributed by atoms with Crippen molar-refractivity contribution in [3.8, 4) is 5.82 Å². The maximum Gasteiger partial charge on any atom is 0.156 e. The van der Waals surface area contributed by atoms with Crippen LogP contribution in [0.2, 0.25) is 0 Å². The Morgan fingerprint density at radius 2 is 2.20 bits per heavy atom. The summed E-state index contributed by atoms with van der Waals surface area (Å²) >= 11 is 0. The van der Waals surface area contributed by atoms with Crippen molar-refractivity contribution in [2.75, 3.05) is 0 Å². The molecule has 106 valence electrons. The van der Waals surface area contributed by atoms with Gasteiger partial charge in [0.05, 0.1) is 5.69 Å². The van der Waals surface area contributed by atoms with Crippen LogP contribution in [0.4, 0.5) is 0 Å². The number of hydrogen-bond donors (Lipinski definition) is 1. The normalized spacial score (nSPS) is 15.0. The van der Waals surface area contributed by atoms with Crippen LogP contribution in [0, 0.1) is 6.92 Å². The van der Waals surface area contributed by atoms with E-state index >= 15 is 0 Å². The molecule has 1 fully saturated rings. The van der Waals surface area contributed by atoms with Crippen LogP contribution in [0.15, 0.2) is 24.5 Å². The number of nitrogens with one attached hydrogen (secondary N) is 1. The monoisotopic (exact) mass is 270 g/mol. The van der Waals surface area contributed by atoms with Gasteiger partial charge in [-0.3, -0.25) is 0 Å². The Balaban J connectivity index is 1.78. The summed E-state index contributed by atoms with van der Waals surface area (Å²) in [4.78, 5) is 4.58. The van der Waals surface area contributed by atoms with Crippen LogP contribution in [-0.2, 0) is 6.54 Å². The maximum absolute atomic E-state index is 4.65. The van der Waals surface area contributed by atoms with Crippen molar-refractivity contribution < 1.29 is 0 Å². The van der Waals surface area contributed by atoms with E-state index < -0.39 is 0 Å². The first kappa shape index (κ1) is 13.3. The second-order valence-electron chi connectivity index (χ2n) is 5.98. The largest absolute Gasteiger partial charge is 0.310 e. The van der Waals surface area contributed by atoms with Gasteiger partial charge >= 0.3 is 0 Å². The third kappa shape index (κ3) is 2.90. The minimum atomic E-state index is 0.488. The van der Waals surface area contributed by atoms with Gasteiger partial charge in [-0.1, -0.05) is 13.8 Å². The molecule has 0 aromatic carbocycles. The van der Waals surface area contributed by atoms with Gasteiger partial charge in [-0.15, -0.1) is 0 Å². The zero-order valence-electron chi connectivity index (χ0n) is 12.4. The highest BCUT2D eigenvalue weighted by molar-refractivity contribution is 5.35. The van der Waals surface area contributed by atoms with Crippen molar-refractivity contribution >= 4 is 0 Å². The Bertz CT molecular complexity index is 596. The smallest absolute Gasteiger partial charge is 0.156 e. The second-order valence-corrected chi connectivity index (χ2v) is 5.98. The van der Waals surface area contributed by atoms with Gasteiger partial charge in [0.2, 0.25) is 0 Å². The highest BCUT2D eigenvalue weighted by Gasteiger charge is 2.26. The molecule has 1 aliphatic rings. The lowest BCUT2D eigenvalue weighted by Crippen LogP contribution is -2.22. The van der Waals surface area contributed by atoms with Gasteiger partial charge in [0, 0.05) is 30.9 Å². The molecule has 1 saturated carbocycles. The van der Waals surface area contributed by atoms with E-state index in [-0.39, 0.29) is 0 Å². The fourth-order valence-corrected chi connectivity index (χ4v) is 2.34. The van der Waals surface area contributed by atoms with Crippen molar-refractivity contribution in [1.82, 2.24) is 20.1 Å². The van der Waals surface area contributed by atoms with E-state index in [9.17, 15) is 0 Å². The molecule has 2 heterocycles. The van der Waals surface area contributed by atoms with Crippen molar-refractivity contribution in [2.24, 2.45) is 0 Å². The van der Waals surface area contributed by atoms with E-state index in [1.54, 1.807) is 0 Å². The Kier molecular flexibility index (Phi) is 3.57. The first-order valence-electron chi connectivity index (χ1n) is 7.38. The van der Waals surface area contributed by atoms with Gasteiger partial charge in [0.15, 0.2) is 5.82 Å². The van der Waals surface area contributed by atoms with Crippen molar-refractivity contribution in [1.29, 1.82) is 0 Å². The number of aryl methyl sites for hydroxylation is 1. The van der Waals surface area contributed by atoms with Gasteiger partial charge < -0.3 is 5.32 Å². The van der Waals surface area contributed by atoms with E-state index in [1.807, 2.05) is 17.1 Å². The Hall–Kier alpha value is -1.68. The summed E-state index contributed by atoms with van der Waals surface area (Å²) < 4.78 is 1.91. The van der Waals surface area contributed by atoms with Gasteiger partial charge in [-0.2, -0.15) is 5.10 Å². The summed E-state index contributed by atoms with van der Waals surface area (Å²) in [6.45, 7) is 7.26. The van der Waals surface area contributed by atoms with Crippen LogP contribution >= 0.6 is 0 Å². The summed E-state index contributed by atoms with van der Waals surface area (Å²) in [6, 6.07) is 4.80. The predicted molar refractivity (Wildman–Crippen MR) is 80.0 cm³/mol. The summed E-state index contributed by atoms with van der Waals surface area (Å²) in [5, 5.41) is 8.06. The lowest BCUT2D eigenvalue weighted by molar-refractivity contribution is 0.587. The fraction of sp³-hybridized carbons (Fsp3) is 0.500. The minimum Gasteiger partial charge on any atom is -0.310 e. The molecule has 0 saturated heterocycles. The average molecular weight is 270 g/mol. The van der Waals surface area contributed by atoms with Crippen LogP contribution < -0.4 is 5.32 Å². The van der Waals surface area contributed by atoms with Crippen LogP contribution in [0.25, 0.3) is 5.82 Å². The fourth-order valence-electron chi connectivity index (χ4n) is 2.34. The summed E-state index contributed by atoms with van der Waals surface area (Å²) in [6.07, 6.45) is 6.53. The van der Waals surface area contributed by atoms with E-state index in [0.717, 1.165) is 12.4 Å². The molecule has 0 unspecified atom stereocenters. The molecule has 0 radical (unpaired) electrons. The first-order valence-corrected chi connectivity index (χ1v) is 7.38. The van der Waals surface area contributed by atoms with Crippen LogP contribution in [0.1, 0.15) is 49.4 Å². The minimum absolute atomic E-state index is 0.488. The molecule has 2 aromatic heterocycles. The average Bonchev–Trinajstić information content (AvgIpc) is 3.15. The lowest BCUT2D eigenvalue weighted by atomic mass is 10.2. The molecule has 0 spiro atoms. The van der Waals surface area contributed by atoms with Crippen LogP contribution in [0.3, 0.4) is 0 Å². The molecule has 0 atom stereocenters. The molecule has 0 bridgehead atoms. The zero-order chi connectivity index (χ0) is 14.1. The summed E-state index contributed by atoms with van der Waals surface area (Å²) in [7, 11) is 0. The van der Waals surface area contributed by atoms with E-state index in [1.165, 1.54) is 29.7 Å². The van der Waals surface area contributed by atoms with Gasteiger partial charge in [-0.25, -0.2) is 9.67 Å². The molecule has 0 amide bonds. The van der Waals surface area contributed by atoms with Crippen molar-refractivity contribution in [3.63, 3.8) is 0 Å². The molecule has 4 nitrogen and oxygen atoms in total. The Morgan fingerprint density at radius 3 is 2.85 bits per heavy atom. The third-order valence-corrected chi connectivity index (χ3v) is 3.64. The van der Waals surface area contributed by atoms with Crippen LogP contribution in [0.5, 0.6) is 0 Å².